The normalized spacial score (nSPS) is 14.5. The largest absolute Gasteiger partial charge is 0.335 e. The number of rotatable bonds is 8. The Labute approximate surface area is 184 Å². The summed E-state index contributed by atoms with van der Waals surface area (Å²) < 4.78 is 0. The topological polar surface area (TPSA) is 52.7 Å². The Hall–Kier alpha value is -2.34. The minimum absolute atomic E-state index is 0.0280. The fourth-order valence-electron chi connectivity index (χ4n) is 3.87. The second kappa shape index (κ2) is 11.2. The maximum Gasteiger partial charge on any atom is 0.318 e. The Kier molecular flexibility index (Phi) is 8.31. The van der Waals surface area contributed by atoms with Gasteiger partial charge in [0.25, 0.3) is 0 Å². The molecule has 1 heterocycles. The molecule has 6 heteroatoms. The van der Waals surface area contributed by atoms with Crippen LogP contribution in [0.5, 0.6) is 0 Å². The van der Waals surface area contributed by atoms with Crippen LogP contribution in [0.2, 0.25) is 0 Å². The molecule has 1 aliphatic rings. The smallest absolute Gasteiger partial charge is 0.318 e. The highest BCUT2D eigenvalue weighted by Crippen LogP contribution is 2.19. The van der Waals surface area contributed by atoms with Crippen LogP contribution in [0.15, 0.2) is 47.8 Å². The summed E-state index contributed by atoms with van der Waals surface area (Å²) in [6.07, 6.45) is 5.64. The second-order valence-electron chi connectivity index (χ2n) is 8.32. The third-order valence-electron chi connectivity index (χ3n) is 5.62. The Balaban J connectivity index is 1.68. The summed E-state index contributed by atoms with van der Waals surface area (Å²) in [5.41, 5.74) is 1.09. The molecule has 1 N–H and O–H groups in total. The minimum Gasteiger partial charge on any atom is -0.335 e. The molecule has 0 aliphatic heterocycles. The molecule has 1 aromatic heterocycles. The maximum atomic E-state index is 13.3. The van der Waals surface area contributed by atoms with Crippen LogP contribution in [0.3, 0.4) is 0 Å². The van der Waals surface area contributed by atoms with Crippen molar-refractivity contribution in [1.82, 2.24) is 15.1 Å². The van der Waals surface area contributed by atoms with E-state index in [-0.39, 0.29) is 30.6 Å². The van der Waals surface area contributed by atoms with Gasteiger partial charge in [0.2, 0.25) is 5.91 Å². The molecule has 1 aromatic carbocycles. The molecule has 2 aromatic rings. The molecule has 0 radical (unpaired) electrons. The molecule has 0 atom stereocenters. The van der Waals surface area contributed by atoms with Crippen LogP contribution >= 0.6 is 11.3 Å². The molecule has 3 amide bonds. The van der Waals surface area contributed by atoms with Crippen molar-refractivity contribution in [3.8, 4) is 0 Å². The molecule has 5 nitrogen and oxygen atoms in total. The number of thiophene rings is 1. The van der Waals surface area contributed by atoms with Crippen molar-refractivity contribution in [1.29, 1.82) is 0 Å². The molecule has 1 saturated carbocycles. The van der Waals surface area contributed by atoms with E-state index in [4.69, 9.17) is 0 Å². The molecule has 0 unspecified atom stereocenters. The fraction of sp³-hybridized carbons (Fsp3) is 0.500. The van der Waals surface area contributed by atoms with Crippen LogP contribution in [0.25, 0.3) is 0 Å². The molecular formula is C24H33N3O2S. The number of benzene rings is 1. The zero-order chi connectivity index (χ0) is 21.3. The van der Waals surface area contributed by atoms with Gasteiger partial charge in [-0.3, -0.25) is 4.79 Å². The van der Waals surface area contributed by atoms with Crippen molar-refractivity contribution in [2.45, 2.75) is 71.1 Å². The molecule has 3 rings (SSSR count). The van der Waals surface area contributed by atoms with E-state index in [1.54, 1.807) is 16.2 Å². The Bertz CT molecular complexity index is 786. The molecule has 0 bridgehead atoms. The van der Waals surface area contributed by atoms with Crippen LogP contribution in [0, 0.1) is 0 Å². The lowest BCUT2D eigenvalue weighted by molar-refractivity contribution is -0.133. The number of amides is 3. The fourth-order valence-corrected chi connectivity index (χ4v) is 4.59. The van der Waals surface area contributed by atoms with Crippen molar-refractivity contribution in [3.05, 3.63) is 58.3 Å². The van der Waals surface area contributed by atoms with E-state index in [9.17, 15) is 9.59 Å². The maximum absolute atomic E-state index is 13.3. The lowest BCUT2D eigenvalue weighted by Gasteiger charge is -2.32. The first-order chi connectivity index (χ1) is 14.5. The van der Waals surface area contributed by atoms with Gasteiger partial charge in [-0.15, -0.1) is 11.3 Å². The van der Waals surface area contributed by atoms with Crippen LogP contribution in [-0.4, -0.2) is 40.4 Å². The molecule has 162 valence electrons. The standard InChI is InChI=1S/C24H33N3O2S/c1-19(2)27(24(29)25-21-12-7-4-8-13-21)18-23(28)26(17-22-14-9-15-30-22)16-20-10-5-3-6-11-20/h3,5-6,9-11,14-15,19,21H,4,7-8,12-13,16-18H2,1-2H3,(H,25,29). The molecular weight excluding hydrogens is 394 g/mol. The number of urea groups is 1. The molecule has 30 heavy (non-hydrogen) atoms. The lowest BCUT2D eigenvalue weighted by Crippen LogP contribution is -2.51. The summed E-state index contributed by atoms with van der Waals surface area (Å²) in [6.45, 7) is 5.12. The summed E-state index contributed by atoms with van der Waals surface area (Å²) in [4.78, 5) is 30.9. The van der Waals surface area contributed by atoms with E-state index in [1.165, 1.54) is 6.42 Å². The van der Waals surface area contributed by atoms with Crippen molar-refractivity contribution in [3.63, 3.8) is 0 Å². The van der Waals surface area contributed by atoms with E-state index >= 15 is 0 Å². The van der Waals surface area contributed by atoms with E-state index in [2.05, 4.69) is 5.32 Å². The van der Waals surface area contributed by atoms with Gasteiger partial charge in [0.1, 0.15) is 6.54 Å². The van der Waals surface area contributed by atoms with Crippen LogP contribution < -0.4 is 5.32 Å². The van der Waals surface area contributed by atoms with Crippen molar-refractivity contribution in [2.24, 2.45) is 0 Å². The molecule has 0 saturated heterocycles. The summed E-state index contributed by atoms with van der Waals surface area (Å²) in [6, 6.07) is 14.1. The number of carbonyl (C=O) groups excluding carboxylic acids is 2. The first-order valence-electron chi connectivity index (χ1n) is 10.9. The third kappa shape index (κ3) is 6.59. The van der Waals surface area contributed by atoms with Gasteiger partial charge in [0.15, 0.2) is 0 Å². The summed E-state index contributed by atoms with van der Waals surface area (Å²) in [7, 11) is 0. The zero-order valence-electron chi connectivity index (χ0n) is 18.0. The van der Waals surface area contributed by atoms with Gasteiger partial charge in [-0.05, 0) is 43.7 Å². The number of carbonyl (C=O) groups is 2. The van der Waals surface area contributed by atoms with Gasteiger partial charge in [0, 0.05) is 23.5 Å². The third-order valence-corrected chi connectivity index (χ3v) is 6.48. The van der Waals surface area contributed by atoms with E-state index in [1.807, 2.05) is 66.6 Å². The van der Waals surface area contributed by atoms with Gasteiger partial charge >= 0.3 is 6.03 Å². The monoisotopic (exact) mass is 427 g/mol. The molecule has 1 aliphatic carbocycles. The highest BCUT2D eigenvalue weighted by atomic mass is 32.1. The van der Waals surface area contributed by atoms with E-state index < -0.39 is 0 Å². The van der Waals surface area contributed by atoms with Crippen molar-refractivity contribution < 1.29 is 9.59 Å². The van der Waals surface area contributed by atoms with Gasteiger partial charge in [-0.25, -0.2) is 4.79 Å². The summed E-state index contributed by atoms with van der Waals surface area (Å²) in [5.74, 6) is -0.0280. The van der Waals surface area contributed by atoms with E-state index in [0.29, 0.717) is 13.1 Å². The Morgan fingerprint density at radius 3 is 2.40 bits per heavy atom. The molecule has 0 spiro atoms. The first-order valence-corrected chi connectivity index (χ1v) is 11.8. The van der Waals surface area contributed by atoms with Crippen molar-refractivity contribution in [2.75, 3.05) is 6.54 Å². The number of hydrogen-bond donors (Lipinski definition) is 1. The van der Waals surface area contributed by atoms with Crippen LogP contribution in [0.4, 0.5) is 4.79 Å². The summed E-state index contributed by atoms with van der Waals surface area (Å²) >= 11 is 1.65. The quantitative estimate of drug-likeness (QED) is 0.642. The van der Waals surface area contributed by atoms with Crippen LogP contribution in [-0.2, 0) is 17.9 Å². The Morgan fingerprint density at radius 2 is 1.77 bits per heavy atom. The first kappa shape index (κ1) is 22.3. The number of nitrogens with zero attached hydrogens (tertiary/aromatic N) is 2. The van der Waals surface area contributed by atoms with Gasteiger partial charge < -0.3 is 15.1 Å². The highest BCUT2D eigenvalue weighted by molar-refractivity contribution is 7.09. The summed E-state index contributed by atoms with van der Waals surface area (Å²) in [5, 5.41) is 5.18. The number of hydrogen-bond acceptors (Lipinski definition) is 3. The highest BCUT2D eigenvalue weighted by Gasteiger charge is 2.26. The zero-order valence-corrected chi connectivity index (χ0v) is 18.9. The van der Waals surface area contributed by atoms with Gasteiger partial charge in [-0.2, -0.15) is 0 Å². The molecule has 1 fully saturated rings. The van der Waals surface area contributed by atoms with Gasteiger partial charge in [-0.1, -0.05) is 55.7 Å². The predicted octanol–water partition coefficient (Wildman–Crippen LogP) is 5.03. The second-order valence-corrected chi connectivity index (χ2v) is 9.35. The average Bonchev–Trinajstić information content (AvgIpc) is 3.25. The SMILES string of the molecule is CC(C)N(CC(=O)N(Cc1ccccc1)Cc1cccs1)C(=O)NC1CCCCC1. The number of nitrogens with one attached hydrogen (secondary N) is 1. The lowest BCUT2D eigenvalue weighted by atomic mass is 9.96. The van der Waals surface area contributed by atoms with E-state index in [0.717, 1.165) is 36.1 Å². The van der Waals surface area contributed by atoms with Crippen LogP contribution in [0.1, 0.15) is 56.4 Å². The minimum atomic E-state index is -0.124. The average molecular weight is 428 g/mol. The van der Waals surface area contributed by atoms with Crippen molar-refractivity contribution >= 4 is 23.3 Å². The van der Waals surface area contributed by atoms with Gasteiger partial charge in [0.05, 0.1) is 6.54 Å². The predicted molar refractivity (Wildman–Crippen MR) is 122 cm³/mol. The Morgan fingerprint density at radius 1 is 1.03 bits per heavy atom.